The van der Waals surface area contributed by atoms with Crippen molar-refractivity contribution in [3.63, 3.8) is 0 Å². The number of ether oxygens (including phenoxy) is 1. The normalized spacial score (nSPS) is 11.9. The topological polar surface area (TPSA) is 90.2 Å². The smallest absolute Gasteiger partial charge is 0.343 e. The van der Waals surface area contributed by atoms with Gasteiger partial charge in [-0.05, 0) is 19.1 Å². The molecule has 0 fully saturated rings. The summed E-state index contributed by atoms with van der Waals surface area (Å²) in [5.41, 5.74) is -0.126. The van der Waals surface area contributed by atoms with Gasteiger partial charge in [0.2, 0.25) is 5.82 Å². The van der Waals surface area contributed by atoms with E-state index in [-0.39, 0.29) is 17.5 Å². The molecule has 22 heavy (non-hydrogen) atoms. The monoisotopic (exact) mass is 320 g/mol. The van der Waals surface area contributed by atoms with Crippen LogP contribution in [-0.2, 0) is 4.74 Å². The number of anilines is 1. The van der Waals surface area contributed by atoms with E-state index < -0.39 is 4.92 Å². The summed E-state index contributed by atoms with van der Waals surface area (Å²) in [6, 6.07) is 9.27. The molecule has 0 radical (unpaired) electrons. The molecule has 0 saturated carbocycles. The zero-order chi connectivity index (χ0) is 15.9. The van der Waals surface area contributed by atoms with Gasteiger partial charge < -0.3 is 10.1 Å². The van der Waals surface area contributed by atoms with E-state index in [0.29, 0.717) is 11.6 Å². The molecule has 1 unspecified atom stereocenters. The summed E-state index contributed by atoms with van der Waals surface area (Å²) >= 11 is 1.23. The first kappa shape index (κ1) is 16.2. The van der Waals surface area contributed by atoms with Gasteiger partial charge in [-0.1, -0.05) is 30.0 Å². The number of methoxy groups -OCH3 is 1. The molecule has 0 spiro atoms. The van der Waals surface area contributed by atoms with Gasteiger partial charge in [-0.2, -0.15) is 0 Å². The zero-order valence-corrected chi connectivity index (χ0v) is 13.0. The Kier molecular flexibility index (Phi) is 5.68. The molecule has 116 valence electrons. The standard InChI is InChI=1S/C14H16N4O3S/c1-10(8-21-2)17-13-12(18(19)20)14(16-9-15-13)22-11-6-4-3-5-7-11/h3-7,9-10H,8H2,1-2H3,(H,15,16,17). The summed E-state index contributed by atoms with van der Waals surface area (Å²) in [5.74, 6) is 0.197. The Morgan fingerprint density at radius 1 is 1.36 bits per heavy atom. The van der Waals surface area contributed by atoms with Crippen LogP contribution < -0.4 is 5.32 Å². The Labute approximate surface area is 132 Å². The van der Waals surface area contributed by atoms with E-state index in [9.17, 15) is 10.1 Å². The maximum Gasteiger partial charge on any atom is 0.343 e. The molecule has 1 heterocycles. The summed E-state index contributed by atoms with van der Waals surface area (Å²) < 4.78 is 5.02. The first-order chi connectivity index (χ1) is 10.6. The third kappa shape index (κ3) is 4.15. The van der Waals surface area contributed by atoms with Crippen molar-refractivity contribution in [1.82, 2.24) is 9.97 Å². The molecule has 8 heteroatoms. The van der Waals surface area contributed by atoms with Crippen LogP contribution in [0.3, 0.4) is 0 Å². The number of nitrogens with zero attached hydrogens (tertiary/aromatic N) is 3. The minimum absolute atomic E-state index is 0.104. The fraction of sp³-hybridized carbons (Fsp3) is 0.286. The van der Waals surface area contributed by atoms with Crippen LogP contribution >= 0.6 is 11.8 Å². The van der Waals surface area contributed by atoms with Crippen molar-refractivity contribution in [3.8, 4) is 0 Å². The Balaban J connectivity index is 2.32. The zero-order valence-electron chi connectivity index (χ0n) is 12.2. The predicted octanol–water partition coefficient (Wildman–Crippen LogP) is 2.98. The number of hydrogen-bond acceptors (Lipinski definition) is 7. The van der Waals surface area contributed by atoms with E-state index in [0.717, 1.165) is 4.90 Å². The fourth-order valence-electron chi connectivity index (χ4n) is 1.83. The largest absolute Gasteiger partial charge is 0.383 e. The van der Waals surface area contributed by atoms with Gasteiger partial charge in [0, 0.05) is 18.0 Å². The molecular weight excluding hydrogens is 304 g/mol. The van der Waals surface area contributed by atoms with Crippen LogP contribution in [0, 0.1) is 10.1 Å². The second kappa shape index (κ2) is 7.71. The second-order valence-corrected chi connectivity index (χ2v) is 5.61. The minimum Gasteiger partial charge on any atom is -0.383 e. The lowest BCUT2D eigenvalue weighted by atomic mass is 10.3. The predicted molar refractivity (Wildman–Crippen MR) is 84.2 cm³/mol. The maximum absolute atomic E-state index is 11.4. The number of hydrogen-bond donors (Lipinski definition) is 1. The molecule has 1 aromatic carbocycles. The number of benzene rings is 1. The Morgan fingerprint density at radius 2 is 2.09 bits per heavy atom. The third-order valence-corrected chi connectivity index (χ3v) is 3.73. The molecule has 0 saturated heterocycles. The molecule has 0 aliphatic heterocycles. The first-order valence-electron chi connectivity index (χ1n) is 6.59. The number of nitro groups is 1. The van der Waals surface area contributed by atoms with Crippen molar-refractivity contribution in [2.45, 2.75) is 22.9 Å². The van der Waals surface area contributed by atoms with Gasteiger partial charge in [0.15, 0.2) is 5.03 Å². The quantitative estimate of drug-likeness (QED) is 0.476. The molecule has 7 nitrogen and oxygen atoms in total. The Hall–Kier alpha value is -2.19. The van der Waals surface area contributed by atoms with Gasteiger partial charge in [0.1, 0.15) is 6.33 Å². The SMILES string of the molecule is COCC(C)Nc1ncnc(Sc2ccccc2)c1[N+](=O)[O-]. The highest BCUT2D eigenvalue weighted by Gasteiger charge is 2.24. The summed E-state index contributed by atoms with van der Waals surface area (Å²) in [6.45, 7) is 2.28. The van der Waals surface area contributed by atoms with Gasteiger partial charge in [0.05, 0.1) is 11.5 Å². The van der Waals surface area contributed by atoms with Crippen molar-refractivity contribution in [3.05, 3.63) is 46.8 Å². The van der Waals surface area contributed by atoms with Gasteiger partial charge in [-0.25, -0.2) is 9.97 Å². The first-order valence-corrected chi connectivity index (χ1v) is 7.41. The van der Waals surface area contributed by atoms with Gasteiger partial charge >= 0.3 is 5.69 Å². The number of rotatable bonds is 7. The van der Waals surface area contributed by atoms with Crippen LogP contribution in [0.15, 0.2) is 46.6 Å². The average Bonchev–Trinajstić information content (AvgIpc) is 2.48. The van der Waals surface area contributed by atoms with Crippen molar-refractivity contribution >= 4 is 23.3 Å². The van der Waals surface area contributed by atoms with E-state index in [4.69, 9.17) is 4.74 Å². The highest BCUT2D eigenvalue weighted by molar-refractivity contribution is 7.99. The molecule has 0 amide bonds. The van der Waals surface area contributed by atoms with Crippen LogP contribution in [-0.4, -0.2) is 34.6 Å². The van der Waals surface area contributed by atoms with E-state index in [2.05, 4.69) is 15.3 Å². The van der Waals surface area contributed by atoms with Crippen molar-refractivity contribution in [1.29, 1.82) is 0 Å². The molecule has 1 atom stereocenters. The van der Waals surface area contributed by atoms with Crippen LogP contribution in [0.4, 0.5) is 11.5 Å². The molecule has 2 aromatic rings. The third-order valence-electron chi connectivity index (χ3n) is 2.73. The minimum atomic E-state index is -0.465. The summed E-state index contributed by atoms with van der Waals surface area (Å²) in [6.07, 6.45) is 1.32. The molecule has 1 aromatic heterocycles. The van der Waals surface area contributed by atoms with E-state index in [1.54, 1.807) is 7.11 Å². The molecular formula is C14H16N4O3S. The summed E-state index contributed by atoms with van der Waals surface area (Å²) in [4.78, 5) is 19.9. The molecule has 0 aliphatic carbocycles. The van der Waals surface area contributed by atoms with Gasteiger partial charge in [0.25, 0.3) is 0 Å². The van der Waals surface area contributed by atoms with E-state index >= 15 is 0 Å². The summed E-state index contributed by atoms with van der Waals surface area (Å²) in [7, 11) is 1.57. The van der Waals surface area contributed by atoms with Crippen LogP contribution in [0.5, 0.6) is 0 Å². The average molecular weight is 320 g/mol. The fourth-order valence-corrected chi connectivity index (χ4v) is 2.72. The van der Waals surface area contributed by atoms with Gasteiger partial charge in [-0.15, -0.1) is 0 Å². The van der Waals surface area contributed by atoms with E-state index in [1.807, 2.05) is 37.3 Å². The lowest BCUT2D eigenvalue weighted by molar-refractivity contribution is -0.387. The van der Waals surface area contributed by atoms with Crippen molar-refractivity contribution in [2.75, 3.05) is 19.0 Å². The molecule has 0 aliphatic rings. The Bertz CT molecular complexity index is 639. The summed E-state index contributed by atoms with van der Waals surface area (Å²) in [5, 5.41) is 14.7. The van der Waals surface area contributed by atoms with Crippen molar-refractivity contribution in [2.24, 2.45) is 0 Å². The Morgan fingerprint density at radius 3 is 2.73 bits per heavy atom. The number of nitrogens with one attached hydrogen (secondary N) is 1. The molecule has 2 rings (SSSR count). The lowest BCUT2D eigenvalue weighted by Gasteiger charge is -2.14. The highest BCUT2D eigenvalue weighted by atomic mass is 32.2. The molecule has 1 N–H and O–H groups in total. The lowest BCUT2D eigenvalue weighted by Crippen LogP contribution is -2.22. The maximum atomic E-state index is 11.4. The highest BCUT2D eigenvalue weighted by Crippen LogP contribution is 2.36. The number of aromatic nitrogens is 2. The van der Waals surface area contributed by atoms with E-state index in [1.165, 1.54) is 18.1 Å². The van der Waals surface area contributed by atoms with Crippen LogP contribution in [0.1, 0.15) is 6.92 Å². The van der Waals surface area contributed by atoms with Gasteiger partial charge in [-0.3, -0.25) is 10.1 Å². The second-order valence-electron chi connectivity index (χ2n) is 4.55. The van der Waals surface area contributed by atoms with Crippen LogP contribution in [0.25, 0.3) is 0 Å². The molecule has 0 bridgehead atoms. The van der Waals surface area contributed by atoms with Crippen molar-refractivity contribution < 1.29 is 9.66 Å². The van der Waals surface area contributed by atoms with Crippen LogP contribution in [0.2, 0.25) is 0 Å².